The Morgan fingerprint density at radius 2 is 1.88 bits per heavy atom. The lowest BCUT2D eigenvalue weighted by Crippen LogP contribution is -1.97. The van der Waals surface area contributed by atoms with Crippen molar-refractivity contribution in [3.8, 4) is 12.1 Å². The van der Waals surface area contributed by atoms with Crippen LogP contribution >= 0.6 is 11.8 Å². The van der Waals surface area contributed by atoms with Gasteiger partial charge in [-0.1, -0.05) is 0 Å². The molecular formula is C12H10N4S. The summed E-state index contributed by atoms with van der Waals surface area (Å²) in [5.74, 6) is 0. The van der Waals surface area contributed by atoms with Crippen molar-refractivity contribution in [2.24, 2.45) is 0 Å². The predicted molar refractivity (Wildman–Crippen MR) is 65.9 cm³/mol. The molecule has 0 aliphatic carbocycles. The van der Waals surface area contributed by atoms with Crippen molar-refractivity contribution in [2.45, 2.75) is 18.9 Å². The Morgan fingerprint density at radius 1 is 1.24 bits per heavy atom. The lowest BCUT2D eigenvalue weighted by atomic mass is 10.2. The molecule has 0 fully saturated rings. The molecule has 2 aromatic rings. The molecule has 0 aliphatic heterocycles. The Balaban J connectivity index is 3.07. The Kier molecular flexibility index (Phi) is 2.79. The summed E-state index contributed by atoms with van der Waals surface area (Å²) in [7, 11) is 0. The molecule has 0 aliphatic rings. The van der Waals surface area contributed by atoms with E-state index in [1.165, 1.54) is 11.8 Å². The zero-order valence-corrected chi connectivity index (χ0v) is 10.6. The fourth-order valence-corrected chi connectivity index (χ4v) is 2.71. The van der Waals surface area contributed by atoms with E-state index in [-0.39, 0.29) is 0 Å². The SMILES string of the molecule is CSc1c(C#N)c(C#N)c2nc(C)cc(C)n12. The molecule has 2 heterocycles. The highest BCUT2D eigenvalue weighted by atomic mass is 32.2. The second-order valence-electron chi connectivity index (χ2n) is 3.68. The highest BCUT2D eigenvalue weighted by molar-refractivity contribution is 7.98. The summed E-state index contributed by atoms with van der Waals surface area (Å²) in [5.41, 5.74) is 3.19. The number of aryl methyl sites for hydroxylation is 2. The summed E-state index contributed by atoms with van der Waals surface area (Å²) in [6.45, 7) is 3.83. The minimum absolute atomic E-state index is 0.364. The Labute approximate surface area is 104 Å². The first-order valence-corrected chi connectivity index (χ1v) is 6.23. The van der Waals surface area contributed by atoms with E-state index in [1.807, 2.05) is 30.6 Å². The summed E-state index contributed by atoms with van der Waals surface area (Å²) < 4.78 is 1.87. The molecule has 0 spiro atoms. The van der Waals surface area contributed by atoms with Crippen molar-refractivity contribution in [3.05, 3.63) is 28.6 Å². The van der Waals surface area contributed by atoms with Gasteiger partial charge in [-0.05, 0) is 26.2 Å². The van der Waals surface area contributed by atoms with Crippen LogP contribution in [0.2, 0.25) is 0 Å². The molecule has 84 valence electrons. The maximum Gasteiger partial charge on any atom is 0.157 e. The molecule has 0 saturated heterocycles. The van der Waals surface area contributed by atoms with Gasteiger partial charge in [-0.25, -0.2) is 4.98 Å². The average Bonchev–Trinajstić information content (AvgIpc) is 2.61. The first-order valence-electron chi connectivity index (χ1n) is 5.00. The summed E-state index contributed by atoms with van der Waals surface area (Å²) in [4.78, 5) is 4.36. The van der Waals surface area contributed by atoms with Gasteiger partial charge in [0.25, 0.3) is 0 Å². The number of nitrogens with zero attached hydrogens (tertiary/aromatic N) is 4. The van der Waals surface area contributed by atoms with Gasteiger partial charge >= 0.3 is 0 Å². The third kappa shape index (κ3) is 1.56. The number of fused-ring (bicyclic) bond motifs is 1. The van der Waals surface area contributed by atoms with E-state index in [9.17, 15) is 5.26 Å². The molecule has 2 aromatic heterocycles. The fourth-order valence-electron chi connectivity index (χ4n) is 1.94. The molecule has 0 saturated carbocycles. The topological polar surface area (TPSA) is 64.9 Å². The van der Waals surface area contributed by atoms with E-state index in [0.29, 0.717) is 16.8 Å². The fraction of sp³-hybridized carbons (Fsp3) is 0.250. The van der Waals surface area contributed by atoms with Crippen LogP contribution in [0, 0.1) is 36.5 Å². The van der Waals surface area contributed by atoms with Crippen molar-refractivity contribution in [3.63, 3.8) is 0 Å². The second-order valence-corrected chi connectivity index (χ2v) is 4.48. The smallest absolute Gasteiger partial charge is 0.157 e. The van der Waals surface area contributed by atoms with Crippen LogP contribution < -0.4 is 0 Å². The van der Waals surface area contributed by atoms with Gasteiger partial charge < -0.3 is 0 Å². The van der Waals surface area contributed by atoms with Gasteiger partial charge in [0.05, 0.1) is 0 Å². The van der Waals surface area contributed by atoms with Crippen molar-refractivity contribution < 1.29 is 0 Å². The van der Waals surface area contributed by atoms with Crippen LogP contribution in [-0.2, 0) is 0 Å². The first kappa shape index (κ1) is 11.5. The van der Waals surface area contributed by atoms with Crippen LogP contribution in [0.1, 0.15) is 22.5 Å². The van der Waals surface area contributed by atoms with E-state index >= 15 is 0 Å². The standard InChI is InChI=1S/C12H10N4S/c1-7-4-8(2)16-11(15-7)9(5-13)10(6-14)12(16)17-3/h4H,1-3H3. The molecule has 0 amide bonds. The summed E-state index contributed by atoms with van der Waals surface area (Å²) in [6.07, 6.45) is 1.89. The Morgan fingerprint density at radius 3 is 2.41 bits per heavy atom. The zero-order chi connectivity index (χ0) is 12.6. The minimum Gasteiger partial charge on any atom is -0.291 e. The predicted octanol–water partition coefficient (Wildman–Crippen LogP) is 2.42. The van der Waals surface area contributed by atoms with E-state index in [2.05, 4.69) is 17.1 Å². The molecule has 2 rings (SSSR count). The van der Waals surface area contributed by atoms with Crippen molar-refractivity contribution >= 4 is 17.4 Å². The number of hydrogen-bond donors (Lipinski definition) is 0. The van der Waals surface area contributed by atoms with Crippen molar-refractivity contribution in [2.75, 3.05) is 6.26 Å². The maximum absolute atomic E-state index is 9.17. The third-order valence-corrected chi connectivity index (χ3v) is 3.35. The van der Waals surface area contributed by atoms with Gasteiger partial charge in [0.2, 0.25) is 0 Å². The van der Waals surface area contributed by atoms with Crippen LogP contribution in [0.15, 0.2) is 11.1 Å². The number of aromatic nitrogens is 2. The highest BCUT2D eigenvalue weighted by Gasteiger charge is 2.19. The van der Waals surface area contributed by atoms with Crippen LogP contribution in [-0.4, -0.2) is 15.6 Å². The average molecular weight is 242 g/mol. The van der Waals surface area contributed by atoms with Gasteiger partial charge in [-0.2, -0.15) is 10.5 Å². The van der Waals surface area contributed by atoms with Crippen LogP contribution in [0.25, 0.3) is 5.65 Å². The number of rotatable bonds is 1. The lowest BCUT2D eigenvalue weighted by Gasteiger charge is -2.04. The van der Waals surface area contributed by atoms with Gasteiger partial charge in [-0.15, -0.1) is 11.8 Å². The van der Waals surface area contributed by atoms with Gasteiger partial charge in [-0.3, -0.25) is 4.40 Å². The quantitative estimate of drug-likeness (QED) is 0.720. The zero-order valence-electron chi connectivity index (χ0n) is 9.77. The van der Waals surface area contributed by atoms with Crippen molar-refractivity contribution in [1.29, 1.82) is 10.5 Å². The van der Waals surface area contributed by atoms with Gasteiger partial charge in [0.1, 0.15) is 28.3 Å². The monoisotopic (exact) mass is 242 g/mol. The third-order valence-electron chi connectivity index (χ3n) is 2.57. The van der Waals surface area contributed by atoms with Crippen LogP contribution in [0.4, 0.5) is 0 Å². The molecule has 17 heavy (non-hydrogen) atoms. The van der Waals surface area contributed by atoms with E-state index in [4.69, 9.17) is 5.26 Å². The second kappa shape index (κ2) is 4.12. The van der Waals surface area contributed by atoms with Crippen LogP contribution in [0.3, 0.4) is 0 Å². The summed E-state index contributed by atoms with van der Waals surface area (Å²) in [5, 5.41) is 19.1. The first-order chi connectivity index (χ1) is 8.13. The molecule has 0 atom stereocenters. The number of thioether (sulfide) groups is 1. The molecule has 4 nitrogen and oxygen atoms in total. The van der Waals surface area contributed by atoms with E-state index in [1.54, 1.807) is 0 Å². The summed E-state index contributed by atoms with van der Waals surface area (Å²) >= 11 is 1.46. The Hall–Kier alpha value is -1.98. The number of nitriles is 2. The normalized spacial score (nSPS) is 10.2. The largest absolute Gasteiger partial charge is 0.291 e. The van der Waals surface area contributed by atoms with Gasteiger partial charge in [0.15, 0.2) is 5.65 Å². The highest BCUT2D eigenvalue weighted by Crippen LogP contribution is 2.29. The molecule has 0 radical (unpaired) electrons. The molecule has 5 heteroatoms. The summed E-state index contributed by atoms with van der Waals surface area (Å²) in [6, 6.07) is 6.12. The molecule has 0 aromatic carbocycles. The number of hydrogen-bond acceptors (Lipinski definition) is 4. The van der Waals surface area contributed by atoms with E-state index in [0.717, 1.165) is 16.4 Å². The lowest BCUT2D eigenvalue weighted by molar-refractivity contribution is 0.943. The molecule has 0 N–H and O–H groups in total. The van der Waals surface area contributed by atoms with E-state index < -0.39 is 0 Å². The molecule has 0 unspecified atom stereocenters. The Bertz CT molecular complexity index is 685. The van der Waals surface area contributed by atoms with Gasteiger partial charge in [0, 0.05) is 11.4 Å². The molecule has 0 bridgehead atoms. The minimum atomic E-state index is 0.364. The maximum atomic E-state index is 9.17. The molecular weight excluding hydrogens is 232 g/mol. The van der Waals surface area contributed by atoms with Crippen LogP contribution in [0.5, 0.6) is 0 Å². The van der Waals surface area contributed by atoms with Crippen molar-refractivity contribution in [1.82, 2.24) is 9.38 Å².